The summed E-state index contributed by atoms with van der Waals surface area (Å²) in [5.41, 5.74) is 7.20. The molecule has 0 fully saturated rings. The number of rotatable bonds is 1. The molecule has 0 saturated carbocycles. The van der Waals surface area contributed by atoms with Gasteiger partial charge >= 0.3 is 0 Å². The molecule has 130 valence electrons. The Bertz CT molecular complexity index is 1010. The van der Waals surface area contributed by atoms with Crippen LogP contribution in [0.3, 0.4) is 0 Å². The van der Waals surface area contributed by atoms with Crippen molar-refractivity contribution in [2.45, 2.75) is 39.3 Å². The first-order valence-corrected chi connectivity index (χ1v) is 8.93. The Hall–Kier alpha value is -2.99. The second-order valence-corrected chi connectivity index (χ2v) is 7.48. The van der Waals surface area contributed by atoms with Crippen LogP contribution in [0.15, 0.2) is 48.6 Å². The number of allylic oxidation sites excluding steroid dienone is 2. The zero-order valence-electron chi connectivity index (χ0n) is 15.6. The largest absolute Gasteiger partial charge is 0.481 e. The summed E-state index contributed by atoms with van der Waals surface area (Å²) in [5.74, 6) is 0.769. The normalized spacial score (nSPS) is 19.3. The Morgan fingerprint density at radius 3 is 2.73 bits per heavy atom. The maximum absolute atomic E-state index is 9.60. The van der Waals surface area contributed by atoms with Crippen LogP contribution in [0.4, 0.5) is 5.69 Å². The first-order valence-electron chi connectivity index (χ1n) is 8.93. The van der Waals surface area contributed by atoms with Crippen LogP contribution in [0.5, 0.6) is 5.75 Å². The van der Waals surface area contributed by atoms with Crippen LogP contribution < -0.4 is 10.1 Å². The van der Waals surface area contributed by atoms with E-state index in [0.29, 0.717) is 5.56 Å². The van der Waals surface area contributed by atoms with Crippen LogP contribution in [-0.4, -0.2) is 5.54 Å². The van der Waals surface area contributed by atoms with Crippen molar-refractivity contribution in [3.8, 4) is 22.9 Å². The topological polar surface area (TPSA) is 45.0 Å². The highest BCUT2D eigenvalue weighted by Crippen LogP contribution is 2.50. The third kappa shape index (κ3) is 2.42. The number of nitriles is 1. The van der Waals surface area contributed by atoms with Crippen LogP contribution in [0.25, 0.3) is 16.7 Å². The van der Waals surface area contributed by atoms with Crippen LogP contribution in [0.2, 0.25) is 0 Å². The quantitative estimate of drug-likeness (QED) is 0.662. The minimum Gasteiger partial charge on any atom is -0.481 e. The molecule has 1 atom stereocenters. The molecule has 0 saturated heterocycles. The zero-order chi connectivity index (χ0) is 18.5. The average Bonchev–Trinajstić information content (AvgIpc) is 2.59. The molecule has 1 unspecified atom stereocenters. The van der Waals surface area contributed by atoms with Gasteiger partial charge in [-0.2, -0.15) is 5.26 Å². The van der Waals surface area contributed by atoms with Crippen molar-refractivity contribution in [2.24, 2.45) is 0 Å². The van der Waals surface area contributed by atoms with Crippen molar-refractivity contribution in [1.82, 2.24) is 0 Å². The standard InChI is InChI=1S/C23H22N2O/c1-5-7-18-22-16(21-15(13-24)8-6-9-19(21)26-18)10-11-17-20(22)14(2)12-23(3,4)25-17/h5-12,18,25H,1-4H3. The van der Waals surface area contributed by atoms with E-state index in [1.807, 2.05) is 31.2 Å². The molecule has 0 bridgehead atoms. The summed E-state index contributed by atoms with van der Waals surface area (Å²) in [5, 5.41) is 13.2. The minimum absolute atomic E-state index is 0.0906. The molecule has 2 heterocycles. The Balaban J connectivity index is 2.06. The molecular weight excluding hydrogens is 320 g/mol. The van der Waals surface area contributed by atoms with E-state index in [1.165, 1.54) is 11.1 Å². The van der Waals surface area contributed by atoms with Crippen molar-refractivity contribution >= 4 is 11.3 Å². The van der Waals surface area contributed by atoms with Crippen LogP contribution in [-0.2, 0) is 0 Å². The Morgan fingerprint density at radius 1 is 1.19 bits per heavy atom. The molecule has 0 spiro atoms. The van der Waals surface area contributed by atoms with Gasteiger partial charge in [0, 0.05) is 22.4 Å². The zero-order valence-corrected chi connectivity index (χ0v) is 15.6. The fraction of sp³-hybridized carbons (Fsp3) is 0.261. The highest BCUT2D eigenvalue weighted by Gasteiger charge is 2.33. The Labute approximate surface area is 154 Å². The third-order valence-corrected chi connectivity index (χ3v) is 5.00. The van der Waals surface area contributed by atoms with Gasteiger partial charge in [-0.25, -0.2) is 0 Å². The van der Waals surface area contributed by atoms with Crippen molar-refractivity contribution in [2.75, 3.05) is 5.32 Å². The van der Waals surface area contributed by atoms with E-state index in [2.05, 4.69) is 56.4 Å². The number of ether oxygens (including phenoxy) is 1. The Kier molecular flexibility index (Phi) is 3.66. The van der Waals surface area contributed by atoms with Gasteiger partial charge in [0.05, 0.1) is 17.2 Å². The number of hydrogen-bond acceptors (Lipinski definition) is 3. The first-order chi connectivity index (χ1) is 12.4. The van der Waals surface area contributed by atoms with Crippen molar-refractivity contribution in [3.63, 3.8) is 0 Å². The van der Waals surface area contributed by atoms with Crippen LogP contribution in [0, 0.1) is 11.3 Å². The maximum Gasteiger partial charge on any atom is 0.143 e. The molecule has 0 aliphatic carbocycles. The van der Waals surface area contributed by atoms with Gasteiger partial charge in [-0.15, -0.1) is 0 Å². The molecule has 3 heteroatoms. The second-order valence-electron chi connectivity index (χ2n) is 7.48. The lowest BCUT2D eigenvalue weighted by Crippen LogP contribution is -2.32. The minimum atomic E-state index is -0.169. The molecule has 3 nitrogen and oxygen atoms in total. The highest BCUT2D eigenvalue weighted by atomic mass is 16.5. The lowest BCUT2D eigenvalue weighted by atomic mass is 9.81. The average molecular weight is 342 g/mol. The lowest BCUT2D eigenvalue weighted by Gasteiger charge is -2.36. The third-order valence-electron chi connectivity index (χ3n) is 5.00. The summed E-state index contributed by atoms with van der Waals surface area (Å²) < 4.78 is 6.31. The second kappa shape index (κ2) is 5.78. The SMILES string of the molecule is CC=CC1Oc2cccc(C#N)c2-c2ccc3c(c21)C(C)=CC(C)(C)N3. The summed E-state index contributed by atoms with van der Waals surface area (Å²) in [4.78, 5) is 0. The molecule has 26 heavy (non-hydrogen) atoms. The summed E-state index contributed by atoms with van der Waals surface area (Å²) in [6.07, 6.45) is 6.19. The van der Waals surface area contributed by atoms with Crippen molar-refractivity contribution in [1.29, 1.82) is 5.26 Å². The summed E-state index contributed by atoms with van der Waals surface area (Å²) in [6.45, 7) is 8.49. The number of fused-ring (bicyclic) bond motifs is 5. The molecule has 2 aromatic carbocycles. The number of nitrogens with zero attached hydrogens (tertiary/aromatic N) is 1. The van der Waals surface area contributed by atoms with Gasteiger partial charge in [0.1, 0.15) is 11.9 Å². The maximum atomic E-state index is 9.60. The van der Waals surface area contributed by atoms with Gasteiger partial charge in [0.2, 0.25) is 0 Å². The van der Waals surface area contributed by atoms with E-state index < -0.39 is 0 Å². The number of benzene rings is 2. The van der Waals surface area contributed by atoms with E-state index in [0.717, 1.165) is 28.1 Å². The number of nitrogens with one attached hydrogen (secondary N) is 1. The molecule has 2 aromatic rings. The van der Waals surface area contributed by atoms with Crippen molar-refractivity contribution in [3.05, 3.63) is 65.3 Å². The molecule has 0 aromatic heterocycles. The Morgan fingerprint density at radius 2 is 2.00 bits per heavy atom. The molecule has 2 aliphatic heterocycles. The fourth-order valence-electron chi connectivity index (χ4n) is 4.17. The van der Waals surface area contributed by atoms with E-state index in [4.69, 9.17) is 4.74 Å². The monoisotopic (exact) mass is 342 g/mol. The smallest absolute Gasteiger partial charge is 0.143 e. The van der Waals surface area contributed by atoms with Gasteiger partial charge < -0.3 is 10.1 Å². The molecule has 0 amide bonds. The summed E-state index contributed by atoms with van der Waals surface area (Å²) >= 11 is 0. The summed E-state index contributed by atoms with van der Waals surface area (Å²) in [6, 6.07) is 12.2. The highest BCUT2D eigenvalue weighted by molar-refractivity contribution is 5.91. The van der Waals surface area contributed by atoms with Crippen molar-refractivity contribution < 1.29 is 4.74 Å². The predicted octanol–water partition coefficient (Wildman–Crippen LogP) is 5.84. The molecule has 4 rings (SSSR count). The van der Waals surface area contributed by atoms with Gasteiger partial charge in [0.15, 0.2) is 0 Å². The number of anilines is 1. The van der Waals surface area contributed by atoms with Gasteiger partial charge in [-0.1, -0.05) is 24.3 Å². The summed E-state index contributed by atoms with van der Waals surface area (Å²) in [7, 11) is 0. The van der Waals surface area contributed by atoms with Gasteiger partial charge in [-0.05, 0) is 63.1 Å². The van der Waals surface area contributed by atoms with E-state index >= 15 is 0 Å². The van der Waals surface area contributed by atoms with Crippen LogP contribution >= 0.6 is 0 Å². The first kappa shape index (κ1) is 16.5. The van der Waals surface area contributed by atoms with E-state index in [9.17, 15) is 5.26 Å². The number of hydrogen-bond donors (Lipinski definition) is 1. The van der Waals surface area contributed by atoms with Crippen LogP contribution in [0.1, 0.15) is 50.5 Å². The fourth-order valence-corrected chi connectivity index (χ4v) is 4.17. The predicted molar refractivity (Wildman–Crippen MR) is 106 cm³/mol. The van der Waals surface area contributed by atoms with Gasteiger partial charge in [-0.3, -0.25) is 0 Å². The molecule has 0 radical (unpaired) electrons. The molecular formula is C23H22N2O. The van der Waals surface area contributed by atoms with E-state index in [-0.39, 0.29) is 11.6 Å². The molecule has 1 N–H and O–H groups in total. The van der Waals surface area contributed by atoms with Gasteiger partial charge in [0.25, 0.3) is 0 Å². The molecule has 2 aliphatic rings. The van der Waals surface area contributed by atoms with E-state index in [1.54, 1.807) is 0 Å². The lowest BCUT2D eigenvalue weighted by molar-refractivity contribution is 0.251.